The smallest absolute Gasteiger partial charge is 0.347 e. The summed E-state index contributed by atoms with van der Waals surface area (Å²) in [5.41, 5.74) is 1.08. The van der Waals surface area contributed by atoms with E-state index in [2.05, 4.69) is 16.3 Å². The van der Waals surface area contributed by atoms with Crippen molar-refractivity contribution < 1.29 is 14.3 Å². The lowest BCUT2D eigenvalue weighted by atomic mass is 10.1. The Labute approximate surface area is 178 Å². The van der Waals surface area contributed by atoms with Gasteiger partial charge in [0.05, 0.1) is 12.7 Å². The van der Waals surface area contributed by atoms with E-state index in [0.29, 0.717) is 22.7 Å². The third-order valence-corrected chi connectivity index (χ3v) is 4.84. The molecule has 0 saturated heterocycles. The van der Waals surface area contributed by atoms with Crippen LogP contribution in [-0.2, 0) is 17.8 Å². The summed E-state index contributed by atoms with van der Waals surface area (Å²) in [6.07, 6.45) is 5.80. The number of hydrogen-bond acceptors (Lipinski definition) is 6. The van der Waals surface area contributed by atoms with Gasteiger partial charge in [-0.1, -0.05) is 35.7 Å². The minimum atomic E-state index is -1.68. The van der Waals surface area contributed by atoms with Gasteiger partial charge in [0.2, 0.25) is 4.33 Å². The van der Waals surface area contributed by atoms with Crippen molar-refractivity contribution in [3.63, 3.8) is 0 Å². The monoisotopic (exact) mass is 434 g/mol. The molecule has 0 radical (unpaired) electrons. The zero-order valence-electron chi connectivity index (χ0n) is 16.1. The van der Waals surface area contributed by atoms with E-state index < -0.39 is 10.3 Å². The van der Waals surface area contributed by atoms with Crippen molar-refractivity contribution in [2.75, 3.05) is 7.11 Å². The quantitative estimate of drug-likeness (QED) is 0.303. The Bertz CT molecular complexity index is 987. The summed E-state index contributed by atoms with van der Waals surface area (Å²) in [5.74, 6) is 1.13. The van der Waals surface area contributed by atoms with E-state index >= 15 is 0 Å². The second-order valence-corrected chi connectivity index (χ2v) is 8.47. The predicted octanol–water partition coefficient (Wildman–Crippen LogP) is 4.18. The molecule has 2 heterocycles. The van der Waals surface area contributed by atoms with Gasteiger partial charge in [-0.2, -0.15) is 5.26 Å². The van der Waals surface area contributed by atoms with E-state index in [1.807, 2.05) is 4.57 Å². The summed E-state index contributed by atoms with van der Waals surface area (Å²) in [7, 11) is 1.45. The van der Waals surface area contributed by atoms with E-state index in [9.17, 15) is 10.1 Å². The number of rotatable bonds is 5. The Hall–Kier alpha value is -2.56. The Balaban J connectivity index is 1.92. The maximum absolute atomic E-state index is 11.9. The number of nitriles is 1. The maximum Gasteiger partial charge on any atom is 0.347 e. The van der Waals surface area contributed by atoms with Crippen LogP contribution in [0.1, 0.15) is 43.4 Å². The van der Waals surface area contributed by atoms with Crippen molar-refractivity contribution >= 4 is 40.8 Å². The number of alkyl halides is 2. The SMILES string of the molecule is COc1cc(/C=C(/C#N)c2nnc3n2CCCCC3)ccc1OC(=O)C(C)(Cl)Cl. The molecular weight excluding hydrogens is 415 g/mol. The normalized spacial score (nSPS) is 14.5. The molecule has 152 valence electrons. The van der Waals surface area contributed by atoms with E-state index in [0.717, 1.165) is 38.1 Å². The van der Waals surface area contributed by atoms with Gasteiger partial charge >= 0.3 is 5.97 Å². The number of esters is 1. The molecule has 1 aliphatic heterocycles. The van der Waals surface area contributed by atoms with Gasteiger partial charge < -0.3 is 14.0 Å². The van der Waals surface area contributed by atoms with E-state index in [1.165, 1.54) is 14.0 Å². The fourth-order valence-corrected chi connectivity index (χ4v) is 3.12. The summed E-state index contributed by atoms with van der Waals surface area (Å²) < 4.78 is 10.8. The Morgan fingerprint density at radius 1 is 1.28 bits per heavy atom. The number of ether oxygens (including phenoxy) is 2. The Morgan fingerprint density at radius 2 is 2.07 bits per heavy atom. The number of allylic oxidation sites excluding steroid dienone is 1. The number of halogens is 2. The molecule has 3 rings (SSSR count). The number of aromatic nitrogens is 3. The van der Waals surface area contributed by atoms with Crippen LogP contribution < -0.4 is 9.47 Å². The van der Waals surface area contributed by atoms with Crippen LogP contribution in [0, 0.1) is 11.3 Å². The van der Waals surface area contributed by atoms with E-state index in [-0.39, 0.29) is 5.75 Å². The standard InChI is InChI=1S/C20H20Cl2N4O3/c1-20(21,22)19(27)29-15-8-7-13(11-16(15)28-2)10-14(12-23)18-25-24-17-6-4-3-5-9-26(17)18/h7-8,10-11H,3-6,9H2,1-2H3/b14-10-. The molecule has 9 heteroatoms. The van der Waals surface area contributed by atoms with Gasteiger partial charge in [-0.25, -0.2) is 4.79 Å². The van der Waals surface area contributed by atoms with Gasteiger partial charge in [0.1, 0.15) is 11.9 Å². The highest BCUT2D eigenvalue weighted by atomic mass is 35.5. The lowest BCUT2D eigenvalue weighted by Crippen LogP contribution is -2.27. The molecule has 1 aromatic carbocycles. The first-order chi connectivity index (χ1) is 13.8. The van der Waals surface area contributed by atoms with Crippen LogP contribution in [0.4, 0.5) is 0 Å². The number of hydrogen-bond donors (Lipinski definition) is 0. The fourth-order valence-electron chi connectivity index (χ4n) is 3.05. The first-order valence-electron chi connectivity index (χ1n) is 9.16. The van der Waals surface area contributed by atoms with Crippen molar-refractivity contribution in [3.05, 3.63) is 35.4 Å². The largest absolute Gasteiger partial charge is 0.493 e. The highest BCUT2D eigenvalue weighted by Gasteiger charge is 2.30. The average Bonchev–Trinajstić information content (AvgIpc) is 2.93. The minimum absolute atomic E-state index is 0.178. The molecule has 1 aromatic heterocycles. The lowest BCUT2D eigenvalue weighted by molar-refractivity contribution is -0.134. The molecule has 0 N–H and O–H groups in total. The first-order valence-corrected chi connectivity index (χ1v) is 9.91. The minimum Gasteiger partial charge on any atom is -0.493 e. The molecule has 0 amide bonds. The van der Waals surface area contributed by atoms with E-state index in [1.54, 1.807) is 24.3 Å². The number of fused-ring (bicyclic) bond motifs is 1. The lowest BCUT2D eigenvalue weighted by Gasteiger charge is -2.14. The van der Waals surface area contributed by atoms with Crippen LogP contribution in [0.25, 0.3) is 11.6 Å². The second-order valence-electron chi connectivity index (χ2n) is 6.76. The highest BCUT2D eigenvalue weighted by Crippen LogP contribution is 2.32. The molecule has 29 heavy (non-hydrogen) atoms. The molecular formula is C20H20Cl2N4O3. The zero-order chi connectivity index (χ0) is 21.0. The number of carbonyl (C=O) groups is 1. The fraction of sp³-hybridized carbons (Fsp3) is 0.400. The first kappa shape index (κ1) is 21.2. The van der Waals surface area contributed by atoms with Gasteiger partial charge in [-0.15, -0.1) is 10.2 Å². The van der Waals surface area contributed by atoms with Crippen LogP contribution in [-0.4, -0.2) is 32.2 Å². The third-order valence-electron chi connectivity index (χ3n) is 4.53. The van der Waals surface area contributed by atoms with Crippen LogP contribution >= 0.6 is 23.2 Å². The van der Waals surface area contributed by atoms with Crippen molar-refractivity contribution in [2.45, 2.75) is 43.5 Å². The van der Waals surface area contributed by atoms with Crippen molar-refractivity contribution in [1.82, 2.24) is 14.8 Å². The van der Waals surface area contributed by atoms with Crippen LogP contribution in [0.2, 0.25) is 0 Å². The van der Waals surface area contributed by atoms with Gasteiger partial charge in [0.15, 0.2) is 17.3 Å². The molecule has 0 spiro atoms. The number of aryl methyl sites for hydroxylation is 1. The average molecular weight is 435 g/mol. The second kappa shape index (κ2) is 8.85. The van der Waals surface area contributed by atoms with Gasteiger partial charge in [-0.05, 0) is 43.5 Å². The summed E-state index contributed by atoms with van der Waals surface area (Å²) >= 11 is 11.5. The summed E-state index contributed by atoms with van der Waals surface area (Å²) in [5, 5.41) is 18.2. The van der Waals surface area contributed by atoms with Crippen LogP contribution in [0.5, 0.6) is 11.5 Å². The van der Waals surface area contributed by atoms with Gasteiger partial charge in [-0.3, -0.25) is 0 Å². The van der Waals surface area contributed by atoms with Crippen molar-refractivity contribution in [3.8, 4) is 17.6 Å². The topological polar surface area (TPSA) is 90.0 Å². The molecule has 0 bridgehead atoms. The summed E-state index contributed by atoms with van der Waals surface area (Å²) in [6, 6.07) is 7.11. The summed E-state index contributed by atoms with van der Waals surface area (Å²) in [4.78, 5) is 11.9. The van der Waals surface area contributed by atoms with Crippen LogP contribution in [0.3, 0.4) is 0 Å². The van der Waals surface area contributed by atoms with Gasteiger partial charge in [0.25, 0.3) is 0 Å². The third kappa shape index (κ3) is 4.89. The molecule has 0 saturated carbocycles. The number of methoxy groups -OCH3 is 1. The maximum atomic E-state index is 11.9. The summed E-state index contributed by atoms with van der Waals surface area (Å²) in [6.45, 7) is 2.12. The Kier molecular flexibility index (Phi) is 6.46. The molecule has 0 atom stereocenters. The van der Waals surface area contributed by atoms with Crippen molar-refractivity contribution in [2.24, 2.45) is 0 Å². The van der Waals surface area contributed by atoms with E-state index in [4.69, 9.17) is 32.7 Å². The van der Waals surface area contributed by atoms with Crippen molar-refractivity contribution in [1.29, 1.82) is 5.26 Å². The molecule has 7 nitrogen and oxygen atoms in total. The molecule has 0 unspecified atom stereocenters. The molecule has 0 aliphatic carbocycles. The molecule has 2 aromatic rings. The van der Waals surface area contributed by atoms with Gasteiger partial charge in [0, 0.05) is 13.0 Å². The molecule has 0 fully saturated rings. The number of carbonyl (C=O) groups excluding carboxylic acids is 1. The Morgan fingerprint density at radius 3 is 2.76 bits per heavy atom. The number of benzene rings is 1. The zero-order valence-corrected chi connectivity index (χ0v) is 17.6. The van der Waals surface area contributed by atoms with Crippen LogP contribution in [0.15, 0.2) is 18.2 Å². The highest BCUT2D eigenvalue weighted by molar-refractivity contribution is 6.57. The number of nitrogens with zero attached hydrogens (tertiary/aromatic N) is 4. The molecule has 1 aliphatic rings. The predicted molar refractivity (Wildman–Crippen MR) is 110 cm³/mol.